The lowest BCUT2D eigenvalue weighted by Crippen LogP contribution is -2.05. The van der Waals surface area contributed by atoms with Crippen molar-refractivity contribution in [2.24, 2.45) is 0 Å². The van der Waals surface area contributed by atoms with Gasteiger partial charge in [0.1, 0.15) is 5.82 Å². The van der Waals surface area contributed by atoms with Crippen molar-refractivity contribution in [1.82, 2.24) is 9.97 Å². The Balaban J connectivity index is 2.23. The van der Waals surface area contributed by atoms with E-state index < -0.39 is 0 Å². The van der Waals surface area contributed by atoms with Gasteiger partial charge in [-0.05, 0) is 35.4 Å². The van der Waals surface area contributed by atoms with Gasteiger partial charge in [0.15, 0.2) is 0 Å². The minimum absolute atomic E-state index is 0.175. The van der Waals surface area contributed by atoms with Crippen molar-refractivity contribution in [3.05, 3.63) is 65.0 Å². The highest BCUT2D eigenvalue weighted by Crippen LogP contribution is 2.22. The summed E-state index contributed by atoms with van der Waals surface area (Å²) < 4.78 is 13.2. The van der Waals surface area contributed by atoms with Crippen LogP contribution in [0.15, 0.2) is 53.6 Å². The minimum atomic E-state index is -0.286. The second kappa shape index (κ2) is 4.07. The van der Waals surface area contributed by atoms with Crippen LogP contribution in [0.4, 0.5) is 4.39 Å². The molecule has 0 saturated carbocycles. The third-order valence-corrected chi connectivity index (χ3v) is 2.80. The molecule has 88 valence electrons. The third-order valence-electron chi connectivity index (χ3n) is 2.80. The van der Waals surface area contributed by atoms with Gasteiger partial charge in [0.2, 0.25) is 0 Å². The predicted octanol–water partition coefficient (Wildman–Crippen LogP) is 2.73. The maximum Gasteiger partial charge on any atom is 0.258 e. The normalized spacial score (nSPS) is 10.7. The molecule has 0 atom stereocenters. The van der Waals surface area contributed by atoms with Gasteiger partial charge in [-0.3, -0.25) is 4.79 Å². The number of nitrogens with one attached hydrogen (secondary N) is 1. The summed E-state index contributed by atoms with van der Waals surface area (Å²) in [6.07, 6.45) is 1.36. The zero-order valence-corrected chi connectivity index (χ0v) is 9.35. The van der Waals surface area contributed by atoms with Crippen LogP contribution in [-0.2, 0) is 0 Å². The Hall–Kier alpha value is -2.49. The van der Waals surface area contributed by atoms with Crippen LogP contribution in [0.5, 0.6) is 0 Å². The molecule has 3 nitrogen and oxygen atoms in total. The highest BCUT2D eigenvalue weighted by atomic mass is 19.1. The van der Waals surface area contributed by atoms with E-state index >= 15 is 0 Å². The first-order valence-corrected chi connectivity index (χ1v) is 5.47. The van der Waals surface area contributed by atoms with E-state index in [1.807, 2.05) is 6.07 Å². The molecule has 0 radical (unpaired) electrons. The Morgan fingerprint density at radius 1 is 1.06 bits per heavy atom. The van der Waals surface area contributed by atoms with Crippen LogP contribution in [-0.4, -0.2) is 9.97 Å². The molecule has 1 N–H and O–H groups in total. The number of rotatable bonds is 1. The lowest BCUT2D eigenvalue weighted by molar-refractivity contribution is 0.628. The van der Waals surface area contributed by atoms with Crippen molar-refractivity contribution < 1.29 is 4.39 Å². The van der Waals surface area contributed by atoms with Gasteiger partial charge in [0, 0.05) is 0 Å². The van der Waals surface area contributed by atoms with Gasteiger partial charge in [-0.1, -0.05) is 18.2 Å². The fourth-order valence-corrected chi connectivity index (χ4v) is 1.92. The van der Waals surface area contributed by atoms with Crippen molar-refractivity contribution in [3.63, 3.8) is 0 Å². The number of hydrogen-bond acceptors (Lipinski definition) is 2. The Morgan fingerprint density at radius 2 is 1.89 bits per heavy atom. The summed E-state index contributed by atoms with van der Waals surface area (Å²) in [5.41, 5.74) is 2.02. The van der Waals surface area contributed by atoms with Crippen molar-refractivity contribution in [3.8, 4) is 11.1 Å². The van der Waals surface area contributed by atoms with Gasteiger partial charge in [0.05, 0.1) is 17.2 Å². The second-order valence-electron chi connectivity index (χ2n) is 3.97. The summed E-state index contributed by atoms with van der Waals surface area (Å²) in [5, 5.41) is 0.526. The predicted molar refractivity (Wildman–Crippen MR) is 67.8 cm³/mol. The first-order chi connectivity index (χ1) is 8.74. The van der Waals surface area contributed by atoms with Gasteiger partial charge in [-0.2, -0.15) is 0 Å². The number of fused-ring (bicyclic) bond motifs is 1. The molecule has 0 bridgehead atoms. The second-order valence-corrected chi connectivity index (χ2v) is 3.97. The minimum Gasteiger partial charge on any atom is -0.313 e. The molecule has 18 heavy (non-hydrogen) atoms. The van der Waals surface area contributed by atoms with E-state index in [-0.39, 0.29) is 11.4 Å². The number of aromatic nitrogens is 2. The van der Waals surface area contributed by atoms with E-state index in [1.54, 1.807) is 24.3 Å². The molecule has 0 unspecified atom stereocenters. The van der Waals surface area contributed by atoms with E-state index in [9.17, 15) is 9.18 Å². The molecule has 1 heterocycles. The zero-order chi connectivity index (χ0) is 12.5. The summed E-state index contributed by atoms with van der Waals surface area (Å²) in [6, 6.07) is 11.6. The van der Waals surface area contributed by atoms with E-state index in [0.29, 0.717) is 10.9 Å². The third kappa shape index (κ3) is 1.78. The van der Waals surface area contributed by atoms with Crippen LogP contribution in [0.1, 0.15) is 0 Å². The molecule has 0 aliphatic heterocycles. The summed E-state index contributed by atoms with van der Waals surface area (Å²) >= 11 is 0. The van der Waals surface area contributed by atoms with E-state index in [0.717, 1.165) is 11.1 Å². The van der Waals surface area contributed by atoms with Crippen molar-refractivity contribution in [2.45, 2.75) is 0 Å². The largest absolute Gasteiger partial charge is 0.313 e. The van der Waals surface area contributed by atoms with Gasteiger partial charge in [0.25, 0.3) is 5.56 Å². The Bertz CT molecular complexity index is 780. The molecule has 0 saturated heterocycles. The Labute approximate surface area is 102 Å². The van der Waals surface area contributed by atoms with Gasteiger partial charge in [-0.25, -0.2) is 9.37 Å². The first-order valence-electron chi connectivity index (χ1n) is 5.47. The lowest BCUT2D eigenvalue weighted by atomic mass is 10.0. The van der Waals surface area contributed by atoms with Crippen LogP contribution in [0, 0.1) is 5.82 Å². The van der Waals surface area contributed by atoms with Gasteiger partial charge >= 0.3 is 0 Å². The number of H-pyrrole nitrogens is 1. The van der Waals surface area contributed by atoms with E-state index in [2.05, 4.69) is 9.97 Å². The molecule has 0 aliphatic carbocycles. The Kier molecular flexibility index (Phi) is 2.41. The number of benzene rings is 2. The summed E-state index contributed by atoms with van der Waals surface area (Å²) in [4.78, 5) is 18.1. The van der Waals surface area contributed by atoms with Crippen LogP contribution >= 0.6 is 0 Å². The molecule has 0 fully saturated rings. The maximum atomic E-state index is 13.2. The number of nitrogens with zero attached hydrogens (tertiary/aromatic N) is 1. The first kappa shape index (κ1) is 10.7. The monoisotopic (exact) mass is 240 g/mol. The quantitative estimate of drug-likeness (QED) is 0.710. The van der Waals surface area contributed by atoms with E-state index in [1.165, 1.54) is 18.5 Å². The highest BCUT2D eigenvalue weighted by Gasteiger charge is 2.03. The summed E-state index contributed by atoms with van der Waals surface area (Å²) in [6.45, 7) is 0. The average Bonchev–Trinajstić information content (AvgIpc) is 2.39. The van der Waals surface area contributed by atoms with Crippen LogP contribution < -0.4 is 5.56 Å². The van der Waals surface area contributed by atoms with Crippen molar-refractivity contribution in [1.29, 1.82) is 0 Å². The molecule has 1 aromatic heterocycles. The molecular weight excluding hydrogens is 231 g/mol. The standard InChI is InChI=1S/C14H9FN2O/c15-11-3-1-2-9(6-11)10-4-5-12-13(7-10)16-8-17-14(12)18/h1-8H,(H,16,17,18). The van der Waals surface area contributed by atoms with Crippen LogP contribution in [0.25, 0.3) is 22.0 Å². The molecule has 2 aromatic carbocycles. The van der Waals surface area contributed by atoms with Gasteiger partial charge < -0.3 is 4.98 Å². The molecule has 0 aliphatic rings. The van der Waals surface area contributed by atoms with E-state index in [4.69, 9.17) is 0 Å². The SMILES string of the molecule is O=c1[nH]cnc2cc(-c3cccc(F)c3)ccc12. The maximum absolute atomic E-state index is 13.2. The number of halogens is 1. The molecule has 0 spiro atoms. The fraction of sp³-hybridized carbons (Fsp3) is 0. The number of hydrogen-bond donors (Lipinski definition) is 1. The average molecular weight is 240 g/mol. The molecular formula is C14H9FN2O. The summed E-state index contributed by atoms with van der Waals surface area (Å²) in [7, 11) is 0. The fourth-order valence-electron chi connectivity index (χ4n) is 1.92. The Morgan fingerprint density at radius 3 is 2.72 bits per heavy atom. The summed E-state index contributed by atoms with van der Waals surface area (Å²) in [5.74, 6) is -0.286. The topological polar surface area (TPSA) is 45.8 Å². The smallest absolute Gasteiger partial charge is 0.258 e. The molecule has 3 aromatic rings. The van der Waals surface area contributed by atoms with Gasteiger partial charge in [-0.15, -0.1) is 0 Å². The molecule has 4 heteroatoms. The van der Waals surface area contributed by atoms with Crippen LogP contribution in [0.2, 0.25) is 0 Å². The molecule has 3 rings (SSSR count). The molecule has 0 amide bonds. The number of aromatic amines is 1. The lowest BCUT2D eigenvalue weighted by Gasteiger charge is -2.03. The van der Waals surface area contributed by atoms with Crippen molar-refractivity contribution in [2.75, 3.05) is 0 Å². The zero-order valence-electron chi connectivity index (χ0n) is 9.35. The van der Waals surface area contributed by atoms with Crippen LogP contribution in [0.3, 0.4) is 0 Å². The van der Waals surface area contributed by atoms with Crippen molar-refractivity contribution >= 4 is 10.9 Å². The highest BCUT2D eigenvalue weighted by molar-refractivity contribution is 5.83.